The Balaban J connectivity index is 0.000000144. The van der Waals surface area contributed by atoms with Crippen molar-refractivity contribution < 1.29 is 0 Å². The van der Waals surface area contributed by atoms with Crippen LogP contribution in [0.25, 0.3) is 177 Å². The first kappa shape index (κ1) is 68.7. The molecule has 0 aliphatic heterocycles. The summed E-state index contributed by atoms with van der Waals surface area (Å²) in [6, 6.07) is 128. The van der Waals surface area contributed by atoms with Crippen LogP contribution in [0.5, 0.6) is 0 Å². The van der Waals surface area contributed by atoms with Crippen molar-refractivity contribution in [1.29, 1.82) is 0 Å². The van der Waals surface area contributed by atoms with Crippen LogP contribution in [0, 0.1) is 11.8 Å². The van der Waals surface area contributed by atoms with Gasteiger partial charge in [0.1, 0.15) is 0 Å². The van der Waals surface area contributed by atoms with Crippen LogP contribution in [0.2, 0.25) is 0 Å². The Morgan fingerprint density at radius 3 is 0.658 bits per heavy atom. The molecule has 0 spiro atoms. The first-order valence-electron chi connectivity index (χ1n) is 41.1. The molecule has 0 atom stereocenters. The van der Waals surface area contributed by atoms with Gasteiger partial charge in [-0.25, -0.2) is 0 Å². The third-order valence-electron chi connectivity index (χ3n) is 24.7. The van der Waals surface area contributed by atoms with Crippen molar-refractivity contribution in [2.45, 2.75) is 80.1 Å². The van der Waals surface area contributed by atoms with E-state index in [1.54, 1.807) is 0 Å². The zero-order valence-corrected chi connectivity index (χ0v) is 65.5. The summed E-state index contributed by atoms with van der Waals surface area (Å²) >= 11 is 0. The van der Waals surface area contributed by atoms with Crippen molar-refractivity contribution in [2.24, 2.45) is 11.8 Å². The molecule has 114 heavy (non-hydrogen) atoms. The SMILES string of the molecule is CC(C)Cc1ccc(-n2c3ccccc3c3cc(-c4ccc5c(c4)-c4cc(-c6ccc7c(c6)c6ccccc6n7-c6ccc(CC(C)C)cc6)ccc4C5)ccc32)cc1.CCc1ccc(-n2c3ccccc3c3cc(-c4ccc5c(c4)-c4cc(-c6ccc7c(c6)c6ccccc6n7-c6ccc(CC)cc6)ccc4C5)ccc32)cc1. The molecule has 0 saturated heterocycles. The topological polar surface area (TPSA) is 19.7 Å². The Morgan fingerprint density at radius 2 is 0.421 bits per heavy atom. The van der Waals surface area contributed by atoms with Crippen LogP contribution in [-0.2, 0) is 38.5 Å². The van der Waals surface area contributed by atoms with Crippen LogP contribution in [0.1, 0.15) is 86.1 Å². The summed E-state index contributed by atoms with van der Waals surface area (Å²) in [6.45, 7) is 13.6. The Hall–Kier alpha value is -13.3. The maximum Gasteiger partial charge on any atom is 0.0541 e. The Bertz CT molecular complexity index is 6780. The molecular weight excluding hydrogens is 1380 g/mol. The van der Waals surface area contributed by atoms with E-state index in [0.29, 0.717) is 11.8 Å². The number of hydrogen-bond acceptors (Lipinski definition) is 0. The fourth-order valence-corrected chi connectivity index (χ4v) is 19.0. The van der Waals surface area contributed by atoms with Crippen molar-refractivity contribution >= 4 is 87.2 Å². The summed E-state index contributed by atoms with van der Waals surface area (Å²) in [6.07, 6.45) is 6.22. The number of nitrogens with zero attached hydrogens (tertiary/aromatic N) is 4. The molecule has 0 N–H and O–H groups in total. The van der Waals surface area contributed by atoms with Gasteiger partial charge in [-0.2, -0.15) is 0 Å². The molecule has 2 aliphatic carbocycles. The van der Waals surface area contributed by atoms with Crippen molar-refractivity contribution in [3.05, 3.63) is 384 Å². The number of fused-ring (bicyclic) bond motifs is 18. The van der Waals surface area contributed by atoms with Crippen molar-refractivity contribution in [3.63, 3.8) is 0 Å². The quantitative estimate of drug-likeness (QED) is 0.103. The highest BCUT2D eigenvalue weighted by molar-refractivity contribution is 6.14. The zero-order chi connectivity index (χ0) is 76.4. The summed E-state index contributed by atoms with van der Waals surface area (Å²) in [5, 5.41) is 10.3. The Kier molecular flexibility index (Phi) is 16.8. The van der Waals surface area contributed by atoms with Crippen LogP contribution in [0.3, 0.4) is 0 Å². The molecule has 4 aromatic heterocycles. The summed E-state index contributed by atoms with van der Waals surface area (Å²) in [5.41, 5.74) is 41.2. The fraction of sp³-hybridized carbons (Fsp3) is 0.127. The lowest BCUT2D eigenvalue weighted by Crippen LogP contribution is -1.97. The average molecular weight is 1470 g/mol. The zero-order valence-electron chi connectivity index (χ0n) is 65.5. The van der Waals surface area contributed by atoms with E-state index in [0.717, 1.165) is 38.5 Å². The molecule has 4 heterocycles. The number of aryl methyl sites for hydroxylation is 2. The van der Waals surface area contributed by atoms with Gasteiger partial charge in [-0.3, -0.25) is 0 Å². The molecule has 4 heteroatoms. The van der Waals surface area contributed by atoms with Crippen molar-refractivity contribution in [1.82, 2.24) is 18.3 Å². The minimum atomic E-state index is 0.640. The molecule has 16 aromatic carbocycles. The predicted molar refractivity (Wildman–Crippen MR) is 484 cm³/mol. The first-order valence-corrected chi connectivity index (χ1v) is 41.1. The summed E-state index contributed by atoms with van der Waals surface area (Å²) in [4.78, 5) is 0. The Morgan fingerprint density at radius 1 is 0.211 bits per heavy atom. The molecule has 0 saturated carbocycles. The van der Waals surface area contributed by atoms with E-state index in [9.17, 15) is 0 Å². The second-order valence-electron chi connectivity index (χ2n) is 32.7. The van der Waals surface area contributed by atoms with E-state index < -0.39 is 0 Å². The van der Waals surface area contributed by atoms with Crippen LogP contribution in [0.4, 0.5) is 0 Å². The largest absolute Gasteiger partial charge is 0.309 e. The molecule has 2 aliphatic rings. The molecule has 548 valence electrons. The lowest BCUT2D eigenvalue weighted by atomic mass is 9.95. The highest BCUT2D eigenvalue weighted by Gasteiger charge is 2.25. The molecule has 20 aromatic rings. The van der Waals surface area contributed by atoms with E-state index in [1.807, 2.05) is 0 Å². The molecule has 4 nitrogen and oxygen atoms in total. The first-order chi connectivity index (χ1) is 56.0. The monoisotopic (exact) mass is 1460 g/mol. The minimum absolute atomic E-state index is 0.640. The van der Waals surface area contributed by atoms with Gasteiger partial charge in [-0.05, 0) is 307 Å². The molecule has 0 unspecified atom stereocenters. The van der Waals surface area contributed by atoms with Gasteiger partial charge in [0.25, 0.3) is 0 Å². The van der Waals surface area contributed by atoms with E-state index >= 15 is 0 Å². The highest BCUT2D eigenvalue weighted by atomic mass is 15.0. The molecule has 22 rings (SSSR count). The van der Waals surface area contributed by atoms with Crippen molar-refractivity contribution in [3.8, 4) is 89.5 Å². The van der Waals surface area contributed by atoms with E-state index in [2.05, 4.69) is 400 Å². The average Bonchev–Trinajstić information content (AvgIpc) is 1.62. The highest BCUT2D eigenvalue weighted by Crippen LogP contribution is 2.47. The number of rotatable bonds is 14. The van der Waals surface area contributed by atoms with Crippen LogP contribution < -0.4 is 0 Å². The summed E-state index contributed by atoms with van der Waals surface area (Å²) < 4.78 is 9.67. The van der Waals surface area contributed by atoms with Gasteiger partial charge in [-0.15, -0.1) is 0 Å². The van der Waals surface area contributed by atoms with Crippen LogP contribution in [-0.4, -0.2) is 18.3 Å². The molecule has 0 amide bonds. The summed E-state index contributed by atoms with van der Waals surface area (Å²) in [7, 11) is 0. The minimum Gasteiger partial charge on any atom is -0.309 e. The van der Waals surface area contributed by atoms with E-state index in [4.69, 9.17) is 0 Å². The summed E-state index contributed by atoms with van der Waals surface area (Å²) in [5.74, 6) is 1.28. The lowest BCUT2D eigenvalue weighted by molar-refractivity contribution is 0.647. The van der Waals surface area contributed by atoms with Crippen molar-refractivity contribution in [2.75, 3.05) is 0 Å². The number of aromatic nitrogens is 4. The second kappa shape index (κ2) is 27.9. The number of benzene rings is 16. The van der Waals surface area contributed by atoms with Gasteiger partial charge in [0.2, 0.25) is 0 Å². The van der Waals surface area contributed by atoms with Gasteiger partial charge in [-0.1, -0.05) is 236 Å². The van der Waals surface area contributed by atoms with E-state index in [1.165, 1.54) is 221 Å². The molecule has 0 bridgehead atoms. The van der Waals surface area contributed by atoms with E-state index in [-0.39, 0.29) is 0 Å². The number of hydrogen-bond donors (Lipinski definition) is 0. The molecule has 0 radical (unpaired) electrons. The fourth-order valence-electron chi connectivity index (χ4n) is 19.0. The maximum atomic E-state index is 2.43. The Labute approximate surface area is 666 Å². The van der Waals surface area contributed by atoms with Gasteiger partial charge in [0.05, 0.1) is 44.1 Å². The standard InChI is InChI=1S/C57H48N2.C53H40N2/c1-36(2)29-38-13-23-46(24-14-38)58-54-11-7-5-9-48(54)52-34-42(21-27-56(52)58)40-17-19-44-31-45-20-18-41(33-51(45)50(44)32-40)43-22-28-57-53(35-43)49-10-6-8-12-55(49)59(57)47-25-15-39(16-26-47)30-37(3)4;1-3-34-13-23-42(24-14-34)54-50-11-7-5-9-44(50)48-32-38(21-27-52(48)54)36-17-19-40-29-41-20-18-37(31-47(41)46(40)30-36)39-22-28-53-49(33-39)45-10-6-8-12-51(45)55(53)43-25-15-35(4-2)16-26-43/h5-28,32-37H,29-31H2,1-4H3;5-28,30-33H,3-4,29H2,1-2H3. The van der Waals surface area contributed by atoms with Gasteiger partial charge in [0, 0.05) is 65.8 Å². The van der Waals surface area contributed by atoms with Crippen LogP contribution in [0.15, 0.2) is 340 Å². The second-order valence-corrected chi connectivity index (χ2v) is 32.7. The normalized spacial score (nSPS) is 12.4. The maximum absolute atomic E-state index is 2.43. The third kappa shape index (κ3) is 11.8. The molecule has 0 fully saturated rings. The van der Waals surface area contributed by atoms with Gasteiger partial charge >= 0.3 is 0 Å². The predicted octanol–water partition coefficient (Wildman–Crippen LogP) is 29.1. The lowest BCUT2D eigenvalue weighted by Gasteiger charge is -2.11. The number of para-hydroxylation sites is 4. The van der Waals surface area contributed by atoms with Crippen LogP contribution >= 0.6 is 0 Å². The molecular formula is C110H88N4. The smallest absolute Gasteiger partial charge is 0.0541 e. The third-order valence-corrected chi connectivity index (χ3v) is 24.7. The van der Waals surface area contributed by atoms with Gasteiger partial charge in [0.15, 0.2) is 0 Å². The van der Waals surface area contributed by atoms with Gasteiger partial charge < -0.3 is 18.3 Å².